The molecule has 0 bridgehead atoms. The molecule has 2 N–H and O–H groups in total. The van der Waals surface area contributed by atoms with Crippen LogP contribution in [0, 0.1) is 5.92 Å². The lowest BCUT2D eigenvalue weighted by molar-refractivity contribution is -0.139. The van der Waals surface area contributed by atoms with Gasteiger partial charge in [0.05, 0.1) is 0 Å². The molecule has 1 heterocycles. The summed E-state index contributed by atoms with van der Waals surface area (Å²) in [5, 5.41) is 8.96. The summed E-state index contributed by atoms with van der Waals surface area (Å²) in [6.45, 7) is 3.41. The van der Waals surface area contributed by atoms with Crippen LogP contribution in [0.15, 0.2) is 16.3 Å². The Labute approximate surface area is 123 Å². The van der Waals surface area contributed by atoms with Crippen molar-refractivity contribution in [2.75, 3.05) is 0 Å². The Balaban J connectivity index is 3.00. The van der Waals surface area contributed by atoms with Crippen molar-refractivity contribution in [3.63, 3.8) is 0 Å². The van der Waals surface area contributed by atoms with E-state index in [0.29, 0.717) is 6.07 Å². The quantitative estimate of drug-likeness (QED) is 0.830. The molecule has 0 fully saturated rings. The minimum Gasteiger partial charge on any atom is -0.480 e. The van der Waals surface area contributed by atoms with Gasteiger partial charge >= 0.3 is 12.1 Å². The minimum atomic E-state index is -4.64. The standard InChI is InChI=1S/C11H14F3NO4S2/c1-6(2)5-7(10(16)17)15-21(18,19)9-4-3-8(20-9)11(12,13)14/h3-4,6-7,15H,5H2,1-2H3,(H,16,17)/t7-/m1/s1. The third-order valence-electron chi connectivity index (χ3n) is 2.43. The fourth-order valence-corrected chi connectivity index (χ4v) is 3.93. The van der Waals surface area contributed by atoms with E-state index in [9.17, 15) is 26.4 Å². The first-order chi connectivity index (χ1) is 9.43. The maximum atomic E-state index is 12.5. The fraction of sp³-hybridized carbons (Fsp3) is 0.545. The Bertz CT molecular complexity index is 607. The number of nitrogens with one attached hydrogen (secondary N) is 1. The molecular weight excluding hydrogens is 331 g/mol. The van der Waals surface area contributed by atoms with Gasteiger partial charge in [0.1, 0.15) is 15.1 Å². The Morgan fingerprint density at radius 3 is 2.33 bits per heavy atom. The van der Waals surface area contributed by atoms with Crippen molar-refractivity contribution in [2.45, 2.75) is 36.7 Å². The molecule has 0 saturated carbocycles. The zero-order chi connectivity index (χ0) is 16.4. The number of hydrogen-bond donors (Lipinski definition) is 2. The van der Waals surface area contributed by atoms with Crippen molar-refractivity contribution in [2.24, 2.45) is 5.92 Å². The summed E-state index contributed by atoms with van der Waals surface area (Å²) >= 11 is 0.0510. The normalized spacial score (nSPS) is 14.4. The Morgan fingerprint density at radius 1 is 1.38 bits per heavy atom. The molecule has 1 rings (SSSR count). The van der Waals surface area contributed by atoms with Gasteiger partial charge in [0.2, 0.25) is 0 Å². The Hall–Kier alpha value is -1.13. The number of carbonyl (C=O) groups is 1. The van der Waals surface area contributed by atoms with Crippen LogP contribution >= 0.6 is 11.3 Å². The van der Waals surface area contributed by atoms with E-state index >= 15 is 0 Å². The number of alkyl halides is 3. The van der Waals surface area contributed by atoms with Crippen LogP contribution in [0.2, 0.25) is 0 Å². The lowest BCUT2D eigenvalue weighted by Gasteiger charge is -2.15. The highest BCUT2D eigenvalue weighted by Crippen LogP contribution is 2.36. The molecule has 1 aromatic rings. The van der Waals surface area contributed by atoms with Crippen LogP contribution in [-0.2, 0) is 21.0 Å². The summed E-state index contributed by atoms with van der Waals surface area (Å²) < 4.78 is 62.6. The molecule has 0 aliphatic heterocycles. The second-order valence-electron chi connectivity index (χ2n) is 4.76. The van der Waals surface area contributed by atoms with Gasteiger partial charge in [-0.1, -0.05) is 13.8 Å². The van der Waals surface area contributed by atoms with Crippen LogP contribution in [0.25, 0.3) is 0 Å². The van der Waals surface area contributed by atoms with E-state index in [1.807, 2.05) is 4.72 Å². The molecule has 1 atom stereocenters. The molecule has 0 radical (unpaired) electrons. The molecule has 0 aromatic carbocycles. The summed E-state index contributed by atoms with van der Waals surface area (Å²) in [6.07, 6.45) is -4.60. The van der Waals surface area contributed by atoms with Crippen LogP contribution < -0.4 is 4.72 Å². The number of aliphatic carboxylic acids is 1. The number of hydrogen-bond acceptors (Lipinski definition) is 4. The van der Waals surface area contributed by atoms with Gasteiger partial charge < -0.3 is 5.11 Å². The van der Waals surface area contributed by atoms with Crippen LogP contribution in [-0.4, -0.2) is 25.5 Å². The number of sulfonamides is 1. The molecule has 0 saturated heterocycles. The molecule has 120 valence electrons. The third-order valence-corrected chi connectivity index (χ3v) is 5.52. The van der Waals surface area contributed by atoms with Crippen molar-refractivity contribution < 1.29 is 31.5 Å². The minimum absolute atomic E-state index is 0.0338. The average molecular weight is 345 g/mol. The summed E-state index contributed by atoms with van der Waals surface area (Å²) in [7, 11) is -4.30. The highest BCUT2D eigenvalue weighted by atomic mass is 32.2. The van der Waals surface area contributed by atoms with Crippen molar-refractivity contribution in [1.82, 2.24) is 4.72 Å². The summed E-state index contributed by atoms with van der Waals surface area (Å²) in [6, 6.07) is 0.0769. The Kier molecular flexibility index (Phi) is 5.40. The molecule has 21 heavy (non-hydrogen) atoms. The third kappa shape index (κ3) is 4.97. The summed E-state index contributed by atoms with van der Waals surface area (Å²) in [5.74, 6) is -1.47. The first-order valence-electron chi connectivity index (χ1n) is 5.85. The van der Waals surface area contributed by atoms with E-state index in [1.165, 1.54) is 0 Å². The maximum Gasteiger partial charge on any atom is 0.425 e. The molecule has 10 heteroatoms. The molecule has 0 aliphatic carbocycles. The smallest absolute Gasteiger partial charge is 0.425 e. The highest BCUT2D eigenvalue weighted by Gasteiger charge is 2.35. The molecule has 1 aromatic heterocycles. The highest BCUT2D eigenvalue weighted by molar-refractivity contribution is 7.91. The lowest BCUT2D eigenvalue weighted by atomic mass is 10.1. The monoisotopic (exact) mass is 345 g/mol. The van der Waals surface area contributed by atoms with Gasteiger partial charge in [0, 0.05) is 0 Å². The van der Waals surface area contributed by atoms with Crippen molar-refractivity contribution in [3.8, 4) is 0 Å². The molecular formula is C11H14F3NO4S2. The van der Waals surface area contributed by atoms with Gasteiger partial charge in [-0.05, 0) is 24.5 Å². The maximum absolute atomic E-state index is 12.5. The molecule has 0 amide bonds. The summed E-state index contributed by atoms with van der Waals surface area (Å²) in [4.78, 5) is 9.95. The number of halogens is 3. The van der Waals surface area contributed by atoms with Crippen molar-refractivity contribution >= 4 is 27.3 Å². The van der Waals surface area contributed by atoms with E-state index in [-0.39, 0.29) is 23.7 Å². The number of carboxylic acids is 1. The fourth-order valence-electron chi connectivity index (χ4n) is 1.53. The number of thiophene rings is 1. The second-order valence-corrected chi connectivity index (χ2v) is 7.78. The van der Waals surface area contributed by atoms with Gasteiger partial charge in [-0.3, -0.25) is 4.79 Å². The number of carboxylic acid groups (broad SMARTS) is 1. The average Bonchev–Trinajstić information content (AvgIpc) is 2.76. The van der Waals surface area contributed by atoms with Gasteiger partial charge in [-0.15, -0.1) is 11.3 Å². The van der Waals surface area contributed by atoms with Crippen molar-refractivity contribution in [3.05, 3.63) is 17.0 Å². The lowest BCUT2D eigenvalue weighted by Crippen LogP contribution is -2.41. The first-order valence-corrected chi connectivity index (χ1v) is 8.15. The molecule has 0 spiro atoms. The SMILES string of the molecule is CC(C)C[C@@H](NS(=O)(=O)c1ccc(C(F)(F)F)s1)C(=O)O. The molecule has 0 aliphatic rings. The molecule has 0 unspecified atom stereocenters. The second kappa shape index (κ2) is 6.32. The summed E-state index contributed by atoms with van der Waals surface area (Å²) in [5.41, 5.74) is 0. The molecule has 5 nitrogen and oxygen atoms in total. The van der Waals surface area contributed by atoms with Gasteiger partial charge in [-0.25, -0.2) is 8.42 Å². The predicted molar refractivity (Wildman–Crippen MR) is 70.5 cm³/mol. The zero-order valence-electron chi connectivity index (χ0n) is 11.1. The van der Waals surface area contributed by atoms with E-state index in [2.05, 4.69) is 0 Å². The zero-order valence-corrected chi connectivity index (χ0v) is 12.8. The largest absolute Gasteiger partial charge is 0.480 e. The van der Waals surface area contributed by atoms with Crippen LogP contribution in [0.1, 0.15) is 25.1 Å². The van der Waals surface area contributed by atoms with Gasteiger partial charge in [-0.2, -0.15) is 17.9 Å². The van der Waals surface area contributed by atoms with Crippen molar-refractivity contribution in [1.29, 1.82) is 0 Å². The van der Waals surface area contributed by atoms with Crippen LogP contribution in [0.4, 0.5) is 13.2 Å². The van der Waals surface area contributed by atoms with E-state index in [0.717, 1.165) is 6.07 Å². The van der Waals surface area contributed by atoms with Crippen LogP contribution in [0.5, 0.6) is 0 Å². The van der Waals surface area contributed by atoms with E-state index in [4.69, 9.17) is 5.11 Å². The predicted octanol–water partition coefficient (Wildman–Crippen LogP) is 2.54. The van der Waals surface area contributed by atoms with Gasteiger partial charge in [0.25, 0.3) is 10.0 Å². The van der Waals surface area contributed by atoms with Crippen LogP contribution in [0.3, 0.4) is 0 Å². The Morgan fingerprint density at radius 2 is 1.95 bits per heavy atom. The number of rotatable bonds is 6. The van der Waals surface area contributed by atoms with E-state index in [1.54, 1.807) is 13.8 Å². The first kappa shape index (κ1) is 17.9. The topological polar surface area (TPSA) is 83.5 Å². The van der Waals surface area contributed by atoms with Gasteiger partial charge in [0.15, 0.2) is 0 Å². The van der Waals surface area contributed by atoms with E-state index < -0.39 is 37.3 Å².